The Morgan fingerprint density at radius 1 is 1.13 bits per heavy atom. The van der Waals surface area contributed by atoms with Gasteiger partial charge in [0.25, 0.3) is 0 Å². The van der Waals surface area contributed by atoms with Crippen molar-refractivity contribution in [2.75, 3.05) is 7.11 Å². The lowest BCUT2D eigenvalue weighted by molar-refractivity contribution is 0.414. The molecule has 0 aromatic heterocycles. The molecular formula is C17H20ClNO3S. The third-order valence-corrected chi connectivity index (χ3v) is 5.49. The highest BCUT2D eigenvalue weighted by Gasteiger charge is 2.20. The smallest absolute Gasteiger partial charge is 0.241 e. The Morgan fingerprint density at radius 3 is 2.39 bits per heavy atom. The Morgan fingerprint density at radius 2 is 1.83 bits per heavy atom. The van der Waals surface area contributed by atoms with E-state index in [4.69, 9.17) is 16.3 Å². The second kappa shape index (κ2) is 6.91. The predicted octanol–water partition coefficient (Wildman–Crippen LogP) is 4.00. The van der Waals surface area contributed by atoms with E-state index in [0.29, 0.717) is 5.75 Å². The molecule has 0 amide bonds. The van der Waals surface area contributed by atoms with Crippen LogP contribution in [0.25, 0.3) is 0 Å². The quantitative estimate of drug-likeness (QED) is 0.883. The number of benzene rings is 2. The zero-order chi connectivity index (χ0) is 17.2. The summed E-state index contributed by atoms with van der Waals surface area (Å²) in [6, 6.07) is 10.00. The van der Waals surface area contributed by atoms with Gasteiger partial charge in [-0.15, -0.1) is 0 Å². The van der Waals surface area contributed by atoms with Crippen molar-refractivity contribution >= 4 is 21.6 Å². The Bertz CT molecular complexity index is 819. The zero-order valence-corrected chi connectivity index (χ0v) is 15.1. The number of aryl methyl sites for hydroxylation is 2. The van der Waals surface area contributed by atoms with Crippen molar-refractivity contribution in [2.24, 2.45) is 0 Å². The van der Waals surface area contributed by atoms with Gasteiger partial charge in [0.15, 0.2) is 0 Å². The maximum absolute atomic E-state index is 12.5. The molecule has 2 rings (SSSR count). The van der Waals surface area contributed by atoms with E-state index in [0.717, 1.165) is 16.7 Å². The van der Waals surface area contributed by atoms with E-state index in [1.165, 1.54) is 19.2 Å². The fourth-order valence-corrected chi connectivity index (χ4v) is 4.06. The molecule has 2 aromatic rings. The van der Waals surface area contributed by atoms with Gasteiger partial charge < -0.3 is 4.74 Å². The maximum Gasteiger partial charge on any atom is 0.241 e. The van der Waals surface area contributed by atoms with Crippen LogP contribution in [0.5, 0.6) is 5.75 Å². The largest absolute Gasteiger partial charge is 0.495 e. The summed E-state index contributed by atoms with van der Waals surface area (Å²) in [4.78, 5) is 0.111. The van der Waals surface area contributed by atoms with Gasteiger partial charge >= 0.3 is 0 Å². The van der Waals surface area contributed by atoms with Crippen LogP contribution in [0.15, 0.2) is 41.3 Å². The molecule has 0 unspecified atom stereocenters. The highest BCUT2D eigenvalue weighted by molar-refractivity contribution is 7.89. The topological polar surface area (TPSA) is 55.4 Å². The molecule has 0 aliphatic heterocycles. The highest BCUT2D eigenvalue weighted by atomic mass is 35.5. The van der Waals surface area contributed by atoms with E-state index in [9.17, 15) is 8.42 Å². The molecule has 0 bridgehead atoms. The molecule has 1 N–H and O–H groups in total. The monoisotopic (exact) mass is 353 g/mol. The first-order chi connectivity index (χ1) is 10.7. The molecule has 0 spiro atoms. The molecule has 0 fully saturated rings. The minimum Gasteiger partial charge on any atom is -0.495 e. The van der Waals surface area contributed by atoms with E-state index in [-0.39, 0.29) is 16.0 Å². The van der Waals surface area contributed by atoms with Crippen molar-refractivity contribution < 1.29 is 13.2 Å². The van der Waals surface area contributed by atoms with Crippen LogP contribution in [0.1, 0.15) is 29.7 Å². The molecule has 23 heavy (non-hydrogen) atoms. The van der Waals surface area contributed by atoms with Gasteiger partial charge in [0, 0.05) is 6.04 Å². The van der Waals surface area contributed by atoms with E-state index in [1.54, 1.807) is 6.07 Å². The van der Waals surface area contributed by atoms with Crippen LogP contribution < -0.4 is 9.46 Å². The van der Waals surface area contributed by atoms with Gasteiger partial charge in [-0.2, -0.15) is 0 Å². The number of rotatable bonds is 5. The molecule has 6 heteroatoms. The summed E-state index contributed by atoms with van der Waals surface area (Å²) in [5.41, 5.74) is 3.13. The van der Waals surface area contributed by atoms with Gasteiger partial charge in [0.2, 0.25) is 10.0 Å². The standard InChI is InChI=1S/C17H20ClNO3S/c1-11-5-7-15(12(2)9-11)13(3)19-23(20,21)14-6-8-17(22-4)16(18)10-14/h5-10,13,19H,1-4H3/t13-/m1/s1. The van der Waals surface area contributed by atoms with Crippen LogP contribution in [0.3, 0.4) is 0 Å². The first-order valence-corrected chi connectivity index (χ1v) is 9.03. The molecular weight excluding hydrogens is 334 g/mol. The lowest BCUT2D eigenvalue weighted by Gasteiger charge is -2.17. The lowest BCUT2D eigenvalue weighted by Crippen LogP contribution is -2.27. The van der Waals surface area contributed by atoms with Crippen molar-refractivity contribution in [3.63, 3.8) is 0 Å². The van der Waals surface area contributed by atoms with Crippen LogP contribution in [0, 0.1) is 13.8 Å². The van der Waals surface area contributed by atoms with Crippen LogP contribution in [0.4, 0.5) is 0 Å². The zero-order valence-electron chi connectivity index (χ0n) is 13.6. The van der Waals surface area contributed by atoms with Crippen molar-refractivity contribution in [1.82, 2.24) is 4.72 Å². The Labute approximate surface area is 142 Å². The van der Waals surface area contributed by atoms with Crippen molar-refractivity contribution in [3.05, 3.63) is 58.1 Å². The van der Waals surface area contributed by atoms with Gasteiger partial charge in [0.1, 0.15) is 5.75 Å². The molecule has 0 aliphatic rings. The summed E-state index contributed by atoms with van der Waals surface area (Å²) >= 11 is 6.01. The fraction of sp³-hybridized carbons (Fsp3) is 0.294. The molecule has 1 atom stereocenters. The normalized spacial score (nSPS) is 12.9. The number of methoxy groups -OCH3 is 1. The fourth-order valence-electron chi connectivity index (χ4n) is 2.49. The van der Waals surface area contributed by atoms with Crippen molar-refractivity contribution in [2.45, 2.75) is 31.7 Å². The third kappa shape index (κ3) is 4.05. The molecule has 4 nitrogen and oxygen atoms in total. The Kier molecular flexibility index (Phi) is 5.34. The lowest BCUT2D eigenvalue weighted by atomic mass is 10.0. The molecule has 0 saturated carbocycles. The van der Waals surface area contributed by atoms with Crippen LogP contribution >= 0.6 is 11.6 Å². The maximum atomic E-state index is 12.5. The molecule has 2 aromatic carbocycles. The Hall–Kier alpha value is -1.56. The number of halogens is 1. The first-order valence-electron chi connectivity index (χ1n) is 7.17. The van der Waals surface area contributed by atoms with E-state index >= 15 is 0 Å². The second-order valence-corrected chi connectivity index (χ2v) is 7.62. The summed E-state index contributed by atoms with van der Waals surface area (Å²) in [5.74, 6) is 0.438. The van der Waals surface area contributed by atoms with Gasteiger partial charge in [-0.25, -0.2) is 13.1 Å². The molecule has 0 saturated heterocycles. The minimum atomic E-state index is -3.67. The average Bonchev–Trinajstić information content (AvgIpc) is 2.46. The minimum absolute atomic E-state index is 0.111. The van der Waals surface area contributed by atoms with Gasteiger partial charge in [-0.05, 0) is 50.1 Å². The SMILES string of the molecule is COc1ccc(S(=O)(=O)N[C@H](C)c2ccc(C)cc2C)cc1Cl. The second-order valence-electron chi connectivity index (χ2n) is 5.50. The number of hydrogen-bond acceptors (Lipinski definition) is 3. The summed E-state index contributed by atoms with van der Waals surface area (Å²) < 4.78 is 32.8. The number of sulfonamides is 1. The number of hydrogen-bond donors (Lipinski definition) is 1. The first kappa shape index (κ1) is 17.8. The van der Waals surface area contributed by atoms with Crippen molar-refractivity contribution in [1.29, 1.82) is 0 Å². The molecule has 0 heterocycles. The third-order valence-electron chi connectivity index (χ3n) is 3.66. The van der Waals surface area contributed by atoms with Gasteiger partial charge in [0.05, 0.1) is 17.0 Å². The van der Waals surface area contributed by atoms with E-state index in [2.05, 4.69) is 4.72 Å². The predicted molar refractivity (Wildman–Crippen MR) is 92.7 cm³/mol. The highest BCUT2D eigenvalue weighted by Crippen LogP contribution is 2.28. The molecule has 0 radical (unpaired) electrons. The van der Waals surface area contributed by atoms with Gasteiger partial charge in [-0.1, -0.05) is 35.4 Å². The average molecular weight is 354 g/mol. The number of ether oxygens (including phenoxy) is 1. The summed E-state index contributed by atoms with van der Waals surface area (Å²) in [5, 5.41) is 0.259. The van der Waals surface area contributed by atoms with Crippen LogP contribution in [-0.4, -0.2) is 15.5 Å². The van der Waals surface area contributed by atoms with E-state index < -0.39 is 10.0 Å². The summed E-state index contributed by atoms with van der Waals surface area (Å²) in [7, 11) is -2.19. The summed E-state index contributed by atoms with van der Waals surface area (Å²) in [6.45, 7) is 5.79. The molecule has 0 aliphatic carbocycles. The number of nitrogens with one attached hydrogen (secondary N) is 1. The van der Waals surface area contributed by atoms with E-state index in [1.807, 2.05) is 39.0 Å². The van der Waals surface area contributed by atoms with Gasteiger partial charge in [-0.3, -0.25) is 0 Å². The van der Waals surface area contributed by atoms with Crippen LogP contribution in [0.2, 0.25) is 5.02 Å². The Balaban J connectivity index is 2.28. The van der Waals surface area contributed by atoms with Crippen molar-refractivity contribution in [3.8, 4) is 5.75 Å². The summed E-state index contributed by atoms with van der Waals surface area (Å²) in [6.07, 6.45) is 0. The molecule has 124 valence electrons. The van der Waals surface area contributed by atoms with Crippen LogP contribution in [-0.2, 0) is 10.0 Å².